The Morgan fingerprint density at radius 2 is 2.11 bits per heavy atom. The minimum Gasteiger partial charge on any atom is -0.374 e. The normalized spacial score (nSPS) is 26.8. The van der Waals surface area contributed by atoms with E-state index in [9.17, 15) is 0 Å². The summed E-state index contributed by atoms with van der Waals surface area (Å²) in [6.45, 7) is 5.20. The van der Waals surface area contributed by atoms with Gasteiger partial charge in [-0.15, -0.1) is 0 Å². The van der Waals surface area contributed by atoms with E-state index in [1.54, 1.807) is 0 Å². The average Bonchev–Trinajstić information content (AvgIpc) is 3.03. The maximum atomic E-state index is 5.84. The van der Waals surface area contributed by atoms with Crippen LogP contribution in [0, 0.1) is 5.92 Å². The van der Waals surface area contributed by atoms with E-state index in [0.717, 1.165) is 32.2 Å². The third-order valence-electron chi connectivity index (χ3n) is 4.16. The van der Waals surface area contributed by atoms with Crippen molar-refractivity contribution in [1.82, 2.24) is 14.7 Å². The molecule has 0 spiro atoms. The minimum absolute atomic E-state index is 0.306. The summed E-state index contributed by atoms with van der Waals surface area (Å²) in [5.41, 5.74) is 0. The smallest absolute Gasteiger partial charge is 0.0898 e. The fourth-order valence-corrected chi connectivity index (χ4v) is 3.23. The van der Waals surface area contributed by atoms with Crippen LogP contribution in [0.15, 0.2) is 18.5 Å². The highest BCUT2D eigenvalue weighted by Crippen LogP contribution is 2.26. The van der Waals surface area contributed by atoms with Gasteiger partial charge in [0.15, 0.2) is 0 Å². The molecule has 1 saturated carbocycles. The molecule has 2 heterocycles. The lowest BCUT2D eigenvalue weighted by Crippen LogP contribution is -2.45. The second-order valence-corrected chi connectivity index (χ2v) is 5.63. The van der Waals surface area contributed by atoms with Gasteiger partial charge < -0.3 is 4.74 Å². The maximum Gasteiger partial charge on any atom is 0.0898 e. The Kier molecular flexibility index (Phi) is 3.96. The summed E-state index contributed by atoms with van der Waals surface area (Å²) in [7, 11) is 0. The van der Waals surface area contributed by atoms with Gasteiger partial charge in [0.05, 0.1) is 19.3 Å². The molecule has 0 bridgehead atoms. The highest BCUT2D eigenvalue weighted by molar-refractivity contribution is 4.81. The van der Waals surface area contributed by atoms with Crippen molar-refractivity contribution in [3.05, 3.63) is 18.5 Å². The van der Waals surface area contributed by atoms with Crippen molar-refractivity contribution in [3.8, 4) is 0 Å². The summed E-state index contributed by atoms with van der Waals surface area (Å²) >= 11 is 0. The molecular formula is C14H23N3O. The van der Waals surface area contributed by atoms with Gasteiger partial charge in [-0.25, -0.2) is 0 Å². The Balaban J connectivity index is 1.48. The third kappa shape index (κ3) is 3.12. The predicted octanol–water partition coefficient (Wildman–Crippen LogP) is 1.77. The molecule has 1 aliphatic heterocycles. The summed E-state index contributed by atoms with van der Waals surface area (Å²) in [4.78, 5) is 2.59. The first kappa shape index (κ1) is 12.2. The van der Waals surface area contributed by atoms with E-state index in [0.29, 0.717) is 6.10 Å². The zero-order valence-electron chi connectivity index (χ0n) is 11.0. The van der Waals surface area contributed by atoms with Gasteiger partial charge in [0, 0.05) is 32.0 Å². The molecule has 18 heavy (non-hydrogen) atoms. The molecule has 0 radical (unpaired) electrons. The molecule has 100 valence electrons. The van der Waals surface area contributed by atoms with E-state index >= 15 is 0 Å². The van der Waals surface area contributed by atoms with Crippen molar-refractivity contribution in [2.75, 3.05) is 26.2 Å². The fourth-order valence-electron chi connectivity index (χ4n) is 3.23. The number of aromatic nitrogens is 2. The van der Waals surface area contributed by atoms with Crippen LogP contribution >= 0.6 is 0 Å². The molecule has 4 heteroatoms. The van der Waals surface area contributed by atoms with Crippen molar-refractivity contribution < 1.29 is 4.74 Å². The lowest BCUT2D eigenvalue weighted by molar-refractivity contribution is -0.0413. The van der Waals surface area contributed by atoms with Crippen molar-refractivity contribution in [2.45, 2.75) is 38.3 Å². The van der Waals surface area contributed by atoms with Gasteiger partial charge in [-0.05, 0) is 24.8 Å². The highest BCUT2D eigenvalue weighted by atomic mass is 16.5. The SMILES string of the molecule is c1cnn(C[C@H]2CN(CC3CCCC3)CCO2)c1. The number of hydrogen-bond acceptors (Lipinski definition) is 3. The van der Waals surface area contributed by atoms with Gasteiger partial charge in [0.25, 0.3) is 0 Å². The Hall–Kier alpha value is -0.870. The average molecular weight is 249 g/mol. The molecule has 2 aliphatic rings. The van der Waals surface area contributed by atoms with E-state index in [2.05, 4.69) is 10.00 Å². The van der Waals surface area contributed by atoms with E-state index in [-0.39, 0.29) is 0 Å². The molecule has 1 aromatic heterocycles. The van der Waals surface area contributed by atoms with Crippen LogP contribution in [0.3, 0.4) is 0 Å². The van der Waals surface area contributed by atoms with E-state index in [4.69, 9.17) is 4.74 Å². The fraction of sp³-hybridized carbons (Fsp3) is 0.786. The van der Waals surface area contributed by atoms with Gasteiger partial charge >= 0.3 is 0 Å². The summed E-state index contributed by atoms with van der Waals surface area (Å²) < 4.78 is 7.82. The summed E-state index contributed by atoms with van der Waals surface area (Å²) in [5.74, 6) is 0.938. The maximum absolute atomic E-state index is 5.84. The largest absolute Gasteiger partial charge is 0.374 e. The predicted molar refractivity (Wildman–Crippen MR) is 70.4 cm³/mol. The molecular weight excluding hydrogens is 226 g/mol. The summed E-state index contributed by atoms with van der Waals surface area (Å²) in [6.07, 6.45) is 9.89. The van der Waals surface area contributed by atoms with Crippen molar-refractivity contribution in [3.63, 3.8) is 0 Å². The zero-order chi connectivity index (χ0) is 12.2. The van der Waals surface area contributed by atoms with Gasteiger partial charge in [-0.3, -0.25) is 9.58 Å². The molecule has 0 N–H and O–H groups in total. The van der Waals surface area contributed by atoms with Crippen molar-refractivity contribution in [1.29, 1.82) is 0 Å². The van der Waals surface area contributed by atoms with Crippen LogP contribution in [-0.4, -0.2) is 47.0 Å². The zero-order valence-corrected chi connectivity index (χ0v) is 11.0. The summed E-state index contributed by atoms with van der Waals surface area (Å²) in [6, 6.07) is 1.97. The van der Waals surface area contributed by atoms with Crippen molar-refractivity contribution in [2.24, 2.45) is 5.92 Å². The lowest BCUT2D eigenvalue weighted by Gasteiger charge is -2.34. The first-order valence-electron chi connectivity index (χ1n) is 7.21. The van der Waals surface area contributed by atoms with Crippen LogP contribution in [0.5, 0.6) is 0 Å². The van der Waals surface area contributed by atoms with E-state index in [1.807, 2.05) is 23.1 Å². The number of hydrogen-bond donors (Lipinski definition) is 0. The quantitative estimate of drug-likeness (QED) is 0.815. The molecule has 2 fully saturated rings. The van der Waals surface area contributed by atoms with E-state index < -0.39 is 0 Å². The van der Waals surface area contributed by atoms with Crippen LogP contribution in [0.1, 0.15) is 25.7 Å². The van der Waals surface area contributed by atoms with Crippen molar-refractivity contribution >= 4 is 0 Å². The number of rotatable bonds is 4. The molecule has 3 rings (SSSR count). The van der Waals surface area contributed by atoms with E-state index in [1.165, 1.54) is 32.2 Å². The highest BCUT2D eigenvalue weighted by Gasteiger charge is 2.24. The number of nitrogens with zero attached hydrogens (tertiary/aromatic N) is 3. The topological polar surface area (TPSA) is 30.3 Å². The molecule has 0 unspecified atom stereocenters. The minimum atomic E-state index is 0.306. The first-order chi connectivity index (χ1) is 8.90. The molecule has 1 saturated heterocycles. The standard InChI is InChI=1S/C14H23N3O/c1-2-5-13(4-1)10-16-8-9-18-14(11-16)12-17-7-3-6-15-17/h3,6-7,13-14H,1-2,4-5,8-12H2/t14-/m1/s1. The van der Waals surface area contributed by atoms with Gasteiger partial charge in [0.2, 0.25) is 0 Å². The first-order valence-corrected chi connectivity index (χ1v) is 7.21. The molecule has 4 nitrogen and oxygen atoms in total. The molecule has 0 amide bonds. The second-order valence-electron chi connectivity index (χ2n) is 5.63. The monoisotopic (exact) mass is 249 g/mol. The van der Waals surface area contributed by atoms with Gasteiger partial charge in [0.1, 0.15) is 0 Å². The summed E-state index contributed by atoms with van der Waals surface area (Å²) in [5, 5.41) is 4.26. The molecule has 0 aromatic carbocycles. The van der Waals surface area contributed by atoms with Crippen LogP contribution in [0.2, 0.25) is 0 Å². The van der Waals surface area contributed by atoms with Gasteiger partial charge in [-0.2, -0.15) is 5.10 Å². The van der Waals surface area contributed by atoms with Crippen LogP contribution in [0.4, 0.5) is 0 Å². The Labute approximate surface area is 109 Å². The Morgan fingerprint density at radius 3 is 2.89 bits per heavy atom. The van der Waals surface area contributed by atoms with Crippen LogP contribution in [0.25, 0.3) is 0 Å². The molecule has 1 atom stereocenters. The van der Waals surface area contributed by atoms with Gasteiger partial charge in [-0.1, -0.05) is 12.8 Å². The lowest BCUT2D eigenvalue weighted by atomic mass is 10.1. The molecule has 1 aliphatic carbocycles. The van der Waals surface area contributed by atoms with Crippen LogP contribution < -0.4 is 0 Å². The Morgan fingerprint density at radius 1 is 1.22 bits per heavy atom. The Bertz CT molecular complexity index is 346. The van der Waals surface area contributed by atoms with Crippen LogP contribution in [-0.2, 0) is 11.3 Å². The number of morpholine rings is 1. The number of ether oxygens (including phenoxy) is 1. The second kappa shape index (κ2) is 5.85. The molecule has 1 aromatic rings. The third-order valence-corrected chi connectivity index (χ3v) is 4.16.